The Morgan fingerprint density at radius 3 is 2.81 bits per heavy atom. The summed E-state index contributed by atoms with van der Waals surface area (Å²) < 4.78 is 27.3. The molecule has 2 heterocycles. The SMILES string of the molecule is CC1(CN)CCN(S(=O)(=O)c2cccc3cccnc23)C1. The first-order valence-corrected chi connectivity index (χ1v) is 8.44. The van der Waals surface area contributed by atoms with Gasteiger partial charge in [-0.05, 0) is 30.5 Å². The Bertz CT molecular complexity index is 770. The smallest absolute Gasteiger partial charge is 0.245 e. The van der Waals surface area contributed by atoms with Crippen molar-refractivity contribution in [3.8, 4) is 0 Å². The van der Waals surface area contributed by atoms with Crippen LogP contribution in [0.3, 0.4) is 0 Å². The lowest BCUT2D eigenvalue weighted by Crippen LogP contribution is -2.34. The van der Waals surface area contributed by atoms with E-state index in [9.17, 15) is 8.42 Å². The van der Waals surface area contributed by atoms with Crippen LogP contribution in [-0.4, -0.2) is 37.3 Å². The molecule has 3 rings (SSSR count). The van der Waals surface area contributed by atoms with Gasteiger partial charge >= 0.3 is 0 Å². The maximum atomic E-state index is 12.9. The van der Waals surface area contributed by atoms with Gasteiger partial charge in [-0.15, -0.1) is 0 Å². The van der Waals surface area contributed by atoms with E-state index in [1.807, 2.05) is 19.1 Å². The molecule has 1 aromatic heterocycles. The van der Waals surface area contributed by atoms with Crippen molar-refractivity contribution in [2.75, 3.05) is 19.6 Å². The zero-order valence-electron chi connectivity index (χ0n) is 12.0. The van der Waals surface area contributed by atoms with Gasteiger partial charge in [-0.2, -0.15) is 4.31 Å². The van der Waals surface area contributed by atoms with Gasteiger partial charge in [0.25, 0.3) is 0 Å². The topological polar surface area (TPSA) is 76.3 Å². The van der Waals surface area contributed by atoms with Crippen LogP contribution >= 0.6 is 0 Å². The lowest BCUT2D eigenvalue weighted by atomic mass is 9.90. The lowest BCUT2D eigenvalue weighted by Gasteiger charge is -2.22. The summed E-state index contributed by atoms with van der Waals surface area (Å²) in [7, 11) is -3.53. The van der Waals surface area contributed by atoms with E-state index in [1.54, 1.807) is 24.4 Å². The number of rotatable bonds is 3. The van der Waals surface area contributed by atoms with Crippen LogP contribution in [0.15, 0.2) is 41.4 Å². The molecule has 1 unspecified atom stereocenters. The Kier molecular flexibility index (Phi) is 3.47. The van der Waals surface area contributed by atoms with Crippen LogP contribution in [0.4, 0.5) is 0 Å². The fraction of sp³-hybridized carbons (Fsp3) is 0.400. The molecule has 0 amide bonds. The van der Waals surface area contributed by atoms with Crippen LogP contribution in [0.5, 0.6) is 0 Å². The maximum absolute atomic E-state index is 12.9. The van der Waals surface area contributed by atoms with Crippen molar-refractivity contribution in [2.45, 2.75) is 18.2 Å². The molecule has 1 aromatic carbocycles. The van der Waals surface area contributed by atoms with Crippen molar-refractivity contribution < 1.29 is 8.42 Å². The van der Waals surface area contributed by atoms with Gasteiger partial charge in [0.2, 0.25) is 10.0 Å². The molecule has 1 aliphatic heterocycles. The molecule has 21 heavy (non-hydrogen) atoms. The summed E-state index contributed by atoms with van der Waals surface area (Å²) in [6.45, 7) is 3.50. The van der Waals surface area contributed by atoms with Crippen LogP contribution in [0, 0.1) is 5.41 Å². The van der Waals surface area contributed by atoms with Gasteiger partial charge in [0.1, 0.15) is 4.90 Å². The number of pyridine rings is 1. The third-order valence-electron chi connectivity index (χ3n) is 4.23. The second kappa shape index (κ2) is 5.05. The van der Waals surface area contributed by atoms with Gasteiger partial charge in [0.15, 0.2) is 0 Å². The first kappa shape index (κ1) is 14.4. The number of para-hydroxylation sites is 1. The average molecular weight is 305 g/mol. The van der Waals surface area contributed by atoms with Gasteiger partial charge in [-0.1, -0.05) is 25.1 Å². The molecular formula is C15H19N3O2S. The van der Waals surface area contributed by atoms with Crippen LogP contribution < -0.4 is 5.73 Å². The van der Waals surface area contributed by atoms with E-state index in [-0.39, 0.29) is 10.3 Å². The van der Waals surface area contributed by atoms with Crippen molar-refractivity contribution in [1.29, 1.82) is 0 Å². The molecule has 0 saturated carbocycles. The predicted octanol–water partition coefficient (Wildman–Crippen LogP) is 1.59. The van der Waals surface area contributed by atoms with E-state index >= 15 is 0 Å². The molecule has 0 radical (unpaired) electrons. The molecule has 6 heteroatoms. The van der Waals surface area contributed by atoms with Crippen molar-refractivity contribution >= 4 is 20.9 Å². The van der Waals surface area contributed by atoms with Gasteiger partial charge in [0, 0.05) is 24.7 Å². The van der Waals surface area contributed by atoms with E-state index in [0.29, 0.717) is 25.2 Å². The molecule has 1 saturated heterocycles. The highest BCUT2D eigenvalue weighted by Crippen LogP contribution is 2.33. The molecule has 2 N–H and O–H groups in total. The summed E-state index contributed by atoms with van der Waals surface area (Å²) in [6.07, 6.45) is 2.41. The Labute approximate surface area is 124 Å². The largest absolute Gasteiger partial charge is 0.330 e. The van der Waals surface area contributed by atoms with Crippen LogP contribution in [0.25, 0.3) is 10.9 Å². The number of nitrogens with zero attached hydrogens (tertiary/aromatic N) is 2. The minimum atomic E-state index is -3.53. The molecule has 1 fully saturated rings. The molecular weight excluding hydrogens is 286 g/mol. The van der Waals surface area contributed by atoms with Crippen LogP contribution in [0.2, 0.25) is 0 Å². The van der Waals surface area contributed by atoms with Crippen molar-refractivity contribution in [3.05, 3.63) is 36.5 Å². The van der Waals surface area contributed by atoms with E-state index in [1.165, 1.54) is 4.31 Å². The fourth-order valence-corrected chi connectivity index (χ4v) is 4.53. The highest BCUT2D eigenvalue weighted by atomic mass is 32.2. The fourth-order valence-electron chi connectivity index (χ4n) is 2.77. The highest BCUT2D eigenvalue weighted by Gasteiger charge is 2.39. The van der Waals surface area contributed by atoms with E-state index < -0.39 is 10.0 Å². The van der Waals surface area contributed by atoms with Gasteiger partial charge < -0.3 is 5.73 Å². The quantitative estimate of drug-likeness (QED) is 0.934. The van der Waals surface area contributed by atoms with Crippen molar-refractivity contribution in [1.82, 2.24) is 9.29 Å². The normalized spacial score (nSPS) is 23.7. The predicted molar refractivity (Wildman–Crippen MR) is 82.3 cm³/mol. The number of nitrogens with two attached hydrogens (primary N) is 1. The third-order valence-corrected chi connectivity index (χ3v) is 6.11. The average Bonchev–Trinajstić information content (AvgIpc) is 2.91. The van der Waals surface area contributed by atoms with Crippen LogP contribution in [0.1, 0.15) is 13.3 Å². The number of fused-ring (bicyclic) bond motifs is 1. The summed E-state index contributed by atoms with van der Waals surface area (Å²) >= 11 is 0. The molecule has 112 valence electrons. The monoisotopic (exact) mass is 305 g/mol. The molecule has 1 aliphatic rings. The van der Waals surface area contributed by atoms with Crippen LogP contribution in [-0.2, 0) is 10.0 Å². The highest BCUT2D eigenvalue weighted by molar-refractivity contribution is 7.89. The summed E-state index contributed by atoms with van der Waals surface area (Å²) in [5.74, 6) is 0. The molecule has 0 bridgehead atoms. The number of benzene rings is 1. The minimum Gasteiger partial charge on any atom is -0.330 e. The summed E-state index contributed by atoms with van der Waals surface area (Å²) in [5.41, 5.74) is 6.16. The number of sulfonamides is 1. The number of aromatic nitrogens is 1. The Balaban J connectivity index is 2.06. The Morgan fingerprint density at radius 1 is 1.33 bits per heavy atom. The second-order valence-corrected chi connectivity index (χ2v) is 7.84. The summed E-state index contributed by atoms with van der Waals surface area (Å²) in [5, 5.41) is 0.833. The van der Waals surface area contributed by atoms with Crippen molar-refractivity contribution in [3.63, 3.8) is 0 Å². The summed E-state index contributed by atoms with van der Waals surface area (Å²) in [4.78, 5) is 4.52. The van der Waals surface area contributed by atoms with Gasteiger partial charge in [-0.3, -0.25) is 4.98 Å². The zero-order valence-corrected chi connectivity index (χ0v) is 12.8. The minimum absolute atomic E-state index is 0.134. The first-order valence-electron chi connectivity index (χ1n) is 7.00. The Hall–Kier alpha value is -1.50. The second-order valence-electron chi connectivity index (χ2n) is 5.93. The number of hydrogen-bond acceptors (Lipinski definition) is 4. The molecule has 1 atom stereocenters. The maximum Gasteiger partial charge on any atom is 0.245 e. The molecule has 0 spiro atoms. The molecule has 0 aliphatic carbocycles. The van der Waals surface area contributed by atoms with E-state index in [0.717, 1.165) is 11.8 Å². The van der Waals surface area contributed by atoms with Gasteiger partial charge in [0.05, 0.1) is 5.52 Å². The molecule has 5 nitrogen and oxygen atoms in total. The first-order chi connectivity index (χ1) is 9.96. The zero-order chi connectivity index (χ0) is 15.1. The standard InChI is InChI=1S/C15H19N3O2S/c1-15(10-16)7-9-18(11-15)21(19,20)13-6-2-4-12-5-3-8-17-14(12)13/h2-6,8H,7,9-11,16H2,1H3. The van der Waals surface area contributed by atoms with Gasteiger partial charge in [-0.25, -0.2) is 8.42 Å². The number of hydrogen-bond donors (Lipinski definition) is 1. The lowest BCUT2D eigenvalue weighted by molar-refractivity contribution is 0.350. The third kappa shape index (κ3) is 2.43. The van der Waals surface area contributed by atoms with Crippen molar-refractivity contribution in [2.24, 2.45) is 11.1 Å². The van der Waals surface area contributed by atoms with E-state index in [4.69, 9.17) is 5.73 Å². The van der Waals surface area contributed by atoms with E-state index in [2.05, 4.69) is 4.98 Å². The summed E-state index contributed by atoms with van der Waals surface area (Å²) in [6, 6.07) is 8.93. The molecule has 2 aromatic rings. The Morgan fingerprint density at radius 2 is 2.10 bits per heavy atom.